The Balaban J connectivity index is 0.000000441. The first-order valence-corrected chi connectivity index (χ1v) is 5.95. The number of carboxylic acid groups (broad SMARTS) is 1. The maximum Gasteiger partial charge on any atom is 0.490 e. The Kier molecular flexibility index (Phi) is 6.94. The lowest BCUT2D eigenvalue weighted by Gasteiger charge is -2.30. The molecule has 1 heterocycles. The summed E-state index contributed by atoms with van der Waals surface area (Å²) in [6, 6.07) is 0. The number of aliphatic carboxylic acids is 1. The second-order valence-corrected chi connectivity index (χ2v) is 4.74. The van der Waals surface area contributed by atoms with Crippen LogP contribution in [0.2, 0.25) is 0 Å². The number of ether oxygens (including phenoxy) is 1. The van der Waals surface area contributed by atoms with Crippen LogP contribution in [0.1, 0.15) is 26.7 Å². The van der Waals surface area contributed by atoms with Crippen molar-refractivity contribution in [3.63, 3.8) is 0 Å². The number of carbonyl (C=O) groups excluding carboxylic acids is 1. The van der Waals surface area contributed by atoms with E-state index in [4.69, 9.17) is 20.4 Å². The summed E-state index contributed by atoms with van der Waals surface area (Å²) in [7, 11) is 0. The lowest BCUT2D eigenvalue weighted by atomic mass is 10.1. The fourth-order valence-electron chi connectivity index (χ4n) is 1.39. The second-order valence-electron chi connectivity index (χ2n) is 4.74. The van der Waals surface area contributed by atoms with Crippen LogP contribution in [0, 0.1) is 0 Å². The van der Waals surface area contributed by atoms with Crippen LogP contribution >= 0.6 is 0 Å². The molecule has 0 atom stereocenters. The van der Waals surface area contributed by atoms with Crippen molar-refractivity contribution in [2.24, 2.45) is 5.73 Å². The molecule has 118 valence electrons. The zero-order valence-corrected chi connectivity index (χ0v) is 11.3. The van der Waals surface area contributed by atoms with E-state index < -0.39 is 23.7 Å². The van der Waals surface area contributed by atoms with Crippen molar-refractivity contribution in [3.8, 4) is 0 Å². The van der Waals surface area contributed by atoms with Gasteiger partial charge in [0.1, 0.15) is 5.60 Å². The van der Waals surface area contributed by atoms with Gasteiger partial charge in [-0.1, -0.05) is 0 Å². The third kappa shape index (κ3) is 7.29. The molecular weight excluding hydrogens is 281 g/mol. The summed E-state index contributed by atoms with van der Waals surface area (Å²) in [5, 5.41) is 10.4. The smallest absolute Gasteiger partial charge is 0.475 e. The molecule has 1 saturated heterocycles. The van der Waals surface area contributed by atoms with E-state index >= 15 is 0 Å². The monoisotopic (exact) mass is 300 g/mol. The molecule has 1 amide bonds. The minimum atomic E-state index is -5.08. The summed E-state index contributed by atoms with van der Waals surface area (Å²) in [5.41, 5.74) is 4.38. The molecule has 20 heavy (non-hydrogen) atoms. The molecule has 9 heteroatoms. The number of primary amides is 1. The predicted octanol–water partition coefficient (Wildman–Crippen LogP) is 0.652. The maximum absolute atomic E-state index is 11.0. The van der Waals surface area contributed by atoms with Gasteiger partial charge in [-0.3, -0.25) is 4.79 Å². The zero-order chi connectivity index (χ0) is 16.0. The normalized spacial score (nSPS) is 17.1. The standard InChI is InChI=1S/C9H18N2O2.C2HF3O2/c1-9(2,8(10)12)13-7-3-5-11-6-4-7;3-2(4,5)1(6)7/h7,11H,3-6H2,1-2H3,(H2,10,12);(H,6,7). The number of alkyl halides is 3. The minimum absolute atomic E-state index is 0.170. The third-order valence-electron chi connectivity index (χ3n) is 2.58. The van der Waals surface area contributed by atoms with Gasteiger partial charge in [0.15, 0.2) is 0 Å². The molecule has 0 aliphatic carbocycles. The number of nitrogens with two attached hydrogens (primary N) is 1. The number of nitrogens with one attached hydrogen (secondary N) is 1. The number of halogens is 3. The van der Waals surface area contributed by atoms with Gasteiger partial charge >= 0.3 is 12.1 Å². The van der Waals surface area contributed by atoms with Gasteiger partial charge in [-0.15, -0.1) is 0 Å². The van der Waals surface area contributed by atoms with Gasteiger partial charge in [0.2, 0.25) is 5.91 Å². The van der Waals surface area contributed by atoms with E-state index in [0.717, 1.165) is 25.9 Å². The highest BCUT2D eigenvalue weighted by Crippen LogP contribution is 2.17. The van der Waals surface area contributed by atoms with Crippen molar-refractivity contribution in [2.45, 2.75) is 44.6 Å². The highest BCUT2D eigenvalue weighted by atomic mass is 19.4. The van der Waals surface area contributed by atoms with Crippen molar-refractivity contribution < 1.29 is 32.6 Å². The lowest BCUT2D eigenvalue weighted by Crippen LogP contribution is -2.45. The number of hydrogen-bond acceptors (Lipinski definition) is 4. The van der Waals surface area contributed by atoms with Gasteiger partial charge in [0.05, 0.1) is 6.10 Å². The van der Waals surface area contributed by atoms with Crippen LogP contribution in [-0.4, -0.2) is 48.0 Å². The van der Waals surface area contributed by atoms with Crippen LogP contribution < -0.4 is 11.1 Å². The van der Waals surface area contributed by atoms with Gasteiger partial charge in [0.25, 0.3) is 0 Å². The molecule has 1 aliphatic rings. The van der Waals surface area contributed by atoms with E-state index in [1.165, 1.54) is 0 Å². The third-order valence-corrected chi connectivity index (χ3v) is 2.58. The van der Waals surface area contributed by atoms with Gasteiger partial charge in [-0.2, -0.15) is 13.2 Å². The number of amides is 1. The Morgan fingerprint density at radius 1 is 1.25 bits per heavy atom. The van der Waals surface area contributed by atoms with Crippen LogP contribution in [-0.2, 0) is 14.3 Å². The molecule has 6 nitrogen and oxygen atoms in total. The Labute approximate surface area is 114 Å². The summed E-state index contributed by atoms with van der Waals surface area (Å²) in [5.74, 6) is -3.15. The second kappa shape index (κ2) is 7.44. The summed E-state index contributed by atoms with van der Waals surface area (Å²) in [4.78, 5) is 19.9. The lowest BCUT2D eigenvalue weighted by molar-refractivity contribution is -0.192. The minimum Gasteiger partial charge on any atom is -0.475 e. The molecule has 0 radical (unpaired) electrons. The summed E-state index contributed by atoms with van der Waals surface area (Å²) in [6.45, 7) is 5.35. The maximum atomic E-state index is 11.0. The SMILES string of the molecule is CC(C)(OC1CCNCC1)C(N)=O.O=C(O)C(F)(F)F. The fraction of sp³-hybridized carbons (Fsp3) is 0.818. The molecule has 0 aromatic rings. The van der Waals surface area contributed by atoms with Crippen LogP contribution in [0.25, 0.3) is 0 Å². The predicted molar refractivity (Wildman–Crippen MR) is 63.9 cm³/mol. The van der Waals surface area contributed by atoms with E-state index in [1.54, 1.807) is 13.8 Å². The van der Waals surface area contributed by atoms with E-state index in [1.807, 2.05) is 0 Å². The van der Waals surface area contributed by atoms with Gasteiger partial charge in [-0.05, 0) is 39.8 Å². The first kappa shape index (κ1) is 18.7. The molecule has 0 saturated carbocycles. The summed E-state index contributed by atoms with van der Waals surface area (Å²) in [6.07, 6.45) is -3.00. The van der Waals surface area contributed by atoms with Crippen LogP contribution in [0.5, 0.6) is 0 Å². The van der Waals surface area contributed by atoms with E-state index in [-0.39, 0.29) is 6.10 Å². The summed E-state index contributed by atoms with van der Waals surface area (Å²) >= 11 is 0. The Bertz CT molecular complexity index is 339. The Morgan fingerprint density at radius 3 is 1.95 bits per heavy atom. The largest absolute Gasteiger partial charge is 0.490 e. The Morgan fingerprint density at radius 2 is 1.65 bits per heavy atom. The van der Waals surface area contributed by atoms with Crippen molar-refractivity contribution in [3.05, 3.63) is 0 Å². The number of rotatable bonds is 3. The van der Waals surface area contributed by atoms with Crippen LogP contribution in [0.4, 0.5) is 13.2 Å². The van der Waals surface area contributed by atoms with Gasteiger partial charge < -0.3 is 20.9 Å². The average molecular weight is 300 g/mol. The average Bonchev–Trinajstić information content (AvgIpc) is 2.29. The fourth-order valence-corrected chi connectivity index (χ4v) is 1.39. The number of carboxylic acids is 1. The van der Waals surface area contributed by atoms with Gasteiger partial charge in [-0.25, -0.2) is 4.79 Å². The van der Waals surface area contributed by atoms with E-state index in [2.05, 4.69) is 5.32 Å². The molecule has 0 spiro atoms. The molecule has 1 rings (SSSR count). The molecule has 4 N–H and O–H groups in total. The zero-order valence-electron chi connectivity index (χ0n) is 11.3. The van der Waals surface area contributed by atoms with Crippen molar-refractivity contribution in [1.29, 1.82) is 0 Å². The highest BCUT2D eigenvalue weighted by Gasteiger charge is 2.38. The first-order chi connectivity index (χ1) is 8.97. The van der Waals surface area contributed by atoms with Crippen molar-refractivity contribution in [1.82, 2.24) is 5.32 Å². The van der Waals surface area contributed by atoms with Crippen molar-refractivity contribution in [2.75, 3.05) is 13.1 Å². The molecule has 0 aromatic heterocycles. The quantitative estimate of drug-likeness (QED) is 0.710. The molecule has 0 bridgehead atoms. The number of piperidine rings is 1. The Hall–Kier alpha value is -1.35. The molecule has 0 unspecified atom stereocenters. The van der Waals surface area contributed by atoms with Gasteiger partial charge in [0, 0.05) is 0 Å². The van der Waals surface area contributed by atoms with Crippen LogP contribution in [0.15, 0.2) is 0 Å². The molecule has 1 fully saturated rings. The van der Waals surface area contributed by atoms with Crippen molar-refractivity contribution >= 4 is 11.9 Å². The topological polar surface area (TPSA) is 102 Å². The van der Waals surface area contributed by atoms with E-state index in [9.17, 15) is 18.0 Å². The van der Waals surface area contributed by atoms with E-state index in [0.29, 0.717) is 0 Å². The van der Waals surface area contributed by atoms with Crippen LogP contribution in [0.3, 0.4) is 0 Å². The molecule has 1 aliphatic heterocycles. The first-order valence-electron chi connectivity index (χ1n) is 5.95. The summed E-state index contributed by atoms with van der Waals surface area (Å²) < 4.78 is 37.4. The number of carbonyl (C=O) groups is 2. The highest BCUT2D eigenvalue weighted by molar-refractivity contribution is 5.82. The number of hydrogen-bond donors (Lipinski definition) is 3. The molecule has 0 aromatic carbocycles. The molecular formula is C11H19F3N2O4.